The molecule has 8 heteroatoms. The number of hydrogen-bond donors (Lipinski definition) is 4. The maximum atomic E-state index is 11.8. The largest absolute Gasteiger partial charge is 0.368 e. The van der Waals surface area contributed by atoms with Crippen molar-refractivity contribution in [3.8, 4) is 0 Å². The van der Waals surface area contributed by atoms with E-state index in [1.165, 1.54) is 6.42 Å². The van der Waals surface area contributed by atoms with Crippen LogP contribution in [0.15, 0.2) is 4.79 Å². The van der Waals surface area contributed by atoms with E-state index in [0.29, 0.717) is 0 Å². The summed E-state index contributed by atoms with van der Waals surface area (Å²) in [7, 11) is 0. The lowest BCUT2D eigenvalue weighted by molar-refractivity contribution is -0.125. The molecule has 1 heterocycles. The number of rotatable bonds is 3. The number of nitrogens with zero attached hydrogens (tertiary/aromatic N) is 2. The highest BCUT2D eigenvalue weighted by Gasteiger charge is 2.21. The standard InChI is InChI=1S/C10H16N6O2/c11-10-12-9(18)7(14-16-10)13-15-8(17)6-4-2-1-3-5-6/h6H,1-5H2,(H,13,14)(H,15,17)(H3,11,12,16,18). The first-order valence-electron chi connectivity index (χ1n) is 5.95. The fourth-order valence-electron chi connectivity index (χ4n) is 2.02. The minimum Gasteiger partial charge on any atom is -0.368 e. The molecule has 0 atom stereocenters. The predicted molar refractivity (Wildman–Crippen MR) is 65.4 cm³/mol. The van der Waals surface area contributed by atoms with Gasteiger partial charge in [-0.1, -0.05) is 19.3 Å². The first kappa shape index (κ1) is 12.3. The average molecular weight is 252 g/mol. The number of aromatic amines is 1. The monoisotopic (exact) mass is 252 g/mol. The highest BCUT2D eigenvalue weighted by Crippen LogP contribution is 2.23. The smallest absolute Gasteiger partial charge is 0.297 e. The Balaban J connectivity index is 1.90. The summed E-state index contributed by atoms with van der Waals surface area (Å²) in [6.07, 6.45) is 5.09. The summed E-state index contributed by atoms with van der Waals surface area (Å²) in [5.41, 5.74) is 9.68. The molecule has 5 N–H and O–H groups in total. The summed E-state index contributed by atoms with van der Waals surface area (Å²) in [5.74, 6) is -0.252. The molecule has 0 aromatic carbocycles. The first-order valence-corrected chi connectivity index (χ1v) is 5.95. The Morgan fingerprint density at radius 2 is 2.00 bits per heavy atom. The lowest BCUT2D eigenvalue weighted by atomic mass is 9.89. The Morgan fingerprint density at radius 3 is 2.67 bits per heavy atom. The van der Waals surface area contributed by atoms with Crippen LogP contribution in [-0.4, -0.2) is 21.1 Å². The number of H-pyrrole nitrogens is 1. The highest BCUT2D eigenvalue weighted by atomic mass is 16.2. The molecule has 8 nitrogen and oxygen atoms in total. The molecular formula is C10H16N6O2. The molecule has 1 aliphatic carbocycles. The van der Waals surface area contributed by atoms with Crippen molar-refractivity contribution in [3.63, 3.8) is 0 Å². The molecule has 1 fully saturated rings. The van der Waals surface area contributed by atoms with Crippen molar-refractivity contribution in [3.05, 3.63) is 10.4 Å². The minimum absolute atomic E-state index is 0.00655. The van der Waals surface area contributed by atoms with E-state index in [4.69, 9.17) is 5.73 Å². The summed E-state index contributed by atoms with van der Waals surface area (Å²) in [6, 6.07) is 0. The number of nitrogen functional groups attached to an aromatic ring is 1. The number of carbonyl (C=O) groups excluding carboxylic acids is 1. The Bertz CT molecular complexity index is 480. The molecule has 0 saturated heterocycles. The molecule has 1 aromatic heterocycles. The van der Waals surface area contributed by atoms with Crippen LogP contribution >= 0.6 is 0 Å². The third-order valence-electron chi connectivity index (χ3n) is 2.99. The van der Waals surface area contributed by atoms with Crippen LogP contribution < -0.4 is 22.1 Å². The zero-order chi connectivity index (χ0) is 13.0. The maximum absolute atomic E-state index is 11.8. The van der Waals surface area contributed by atoms with Crippen molar-refractivity contribution in [2.75, 3.05) is 11.2 Å². The molecule has 1 aromatic rings. The number of hydrazine groups is 1. The van der Waals surface area contributed by atoms with Gasteiger partial charge in [-0.05, 0) is 12.8 Å². The van der Waals surface area contributed by atoms with Crippen LogP contribution in [0.25, 0.3) is 0 Å². The van der Waals surface area contributed by atoms with Gasteiger partial charge in [-0.15, -0.1) is 10.2 Å². The number of aromatic nitrogens is 3. The molecule has 0 unspecified atom stereocenters. The van der Waals surface area contributed by atoms with E-state index in [1.54, 1.807) is 0 Å². The van der Waals surface area contributed by atoms with Gasteiger partial charge in [0.2, 0.25) is 17.7 Å². The van der Waals surface area contributed by atoms with E-state index < -0.39 is 5.56 Å². The Hall–Kier alpha value is -2.12. The van der Waals surface area contributed by atoms with Crippen molar-refractivity contribution in [2.45, 2.75) is 32.1 Å². The van der Waals surface area contributed by atoms with Gasteiger partial charge >= 0.3 is 0 Å². The van der Waals surface area contributed by atoms with Gasteiger partial charge in [-0.25, -0.2) is 0 Å². The quantitative estimate of drug-likeness (QED) is 0.550. The van der Waals surface area contributed by atoms with Crippen LogP contribution in [0.2, 0.25) is 0 Å². The number of anilines is 2. The van der Waals surface area contributed by atoms with E-state index in [2.05, 4.69) is 26.0 Å². The van der Waals surface area contributed by atoms with E-state index in [1.807, 2.05) is 0 Å². The van der Waals surface area contributed by atoms with Crippen molar-refractivity contribution < 1.29 is 4.79 Å². The molecule has 0 spiro atoms. The first-order chi connectivity index (χ1) is 8.66. The predicted octanol–water partition coefficient (Wildman–Crippen LogP) is -0.230. The van der Waals surface area contributed by atoms with Gasteiger partial charge in [0.05, 0.1) is 0 Å². The maximum Gasteiger partial charge on any atom is 0.297 e. The van der Waals surface area contributed by atoms with Crippen LogP contribution in [0.4, 0.5) is 11.8 Å². The van der Waals surface area contributed by atoms with Crippen LogP contribution in [0.3, 0.4) is 0 Å². The Kier molecular flexibility index (Phi) is 3.75. The van der Waals surface area contributed by atoms with E-state index in [-0.39, 0.29) is 23.6 Å². The van der Waals surface area contributed by atoms with Crippen molar-refractivity contribution in [2.24, 2.45) is 5.92 Å². The lowest BCUT2D eigenvalue weighted by Crippen LogP contribution is -2.38. The molecule has 2 rings (SSSR count). The molecule has 0 aliphatic heterocycles. The number of nitrogens with two attached hydrogens (primary N) is 1. The summed E-state index contributed by atoms with van der Waals surface area (Å²) in [6.45, 7) is 0. The second-order valence-corrected chi connectivity index (χ2v) is 4.34. The van der Waals surface area contributed by atoms with Crippen molar-refractivity contribution >= 4 is 17.7 Å². The highest BCUT2D eigenvalue weighted by molar-refractivity contribution is 5.79. The molecule has 1 saturated carbocycles. The Labute approximate surface area is 103 Å². The SMILES string of the molecule is Nc1nnc(NNC(=O)C2CCCCC2)c(=O)[nH]1. The number of nitrogens with one attached hydrogen (secondary N) is 3. The molecule has 18 heavy (non-hydrogen) atoms. The van der Waals surface area contributed by atoms with Gasteiger partial charge in [0.25, 0.3) is 5.56 Å². The van der Waals surface area contributed by atoms with Crippen molar-refractivity contribution in [1.29, 1.82) is 0 Å². The molecule has 1 amide bonds. The minimum atomic E-state index is -0.522. The fourth-order valence-corrected chi connectivity index (χ4v) is 2.02. The third-order valence-corrected chi connectivity index (χ3v) is 2.99. The van der Waals surface area contributed by atoms with Gasteiger partial charge in [0.15, 0.2) is 0 Å². The van der Waals surface area contributed by atoms with Crippen LogP contribution in [0.1, 0.15) is 32.1 Å². The van der Waals surface area contributed by atoms with Gasteiger partial charge in [0, 0.05) is 5.92 Å². The van der Waals surface area contributed by atoms with E-state index >= 15 is 0 Å². The number of carbonyl (C=O) groups is 1. The lowest BCUT2D eigenvalue weighted by Gasteiger charge is -2.20. The molecule has 0 bridgehead atoms. The van der Waals surface area contributed by atoms with Gasteiger partial charge in [-0.3, -0.25) is 25.4 Å². The molecule has 98 valence electrons. The van der Waals surface area contributed by atoms with Gasteiger partial charge in [-0.2, -0.15) is 0 Å². The molecular weight excluding hydrogens is 236 g/mol. The zero-order valence-corrected chi connectivity index (χ0v) is 9.90. The zero-order valence-electron chi connectivity index (χ0n) is 9.90. The van der Waals surface area contributed by atoms with Crippen LogP contribution in [0.5, 0.6) is 0 Å². The van der Waals surface area contributed by atoms with Crippen LogP contribution in [-0.2, 0) is 4.79 Å². The normalized spacial score (nSPS) is 16.2. The fraction of sp³-hybridized carbons (Fsp3) is 0.600. The van der Waals surface area contributed by atoms with Gasteiger partial charge in [0.1, 0.15) is 0 Å². The summed E-state index contributed by atoms with van der Waals surface area (Å²) in [5, 5.41) is 7.04. The third kappa shape index (κ3) is 2.96. The second-order valence-electron chi connectivity index (χ2n) is 4.34. The topological polar surface area (TPSA) is 126 Å². The molecule has 1 aliphatic rings. The molecule has 0 radical (unpaired) electrons. The summed E-state index contributed by atoms with van der Waals surface area (Å²) in [4.78, 5) is 25.4. The summed E-state index contributed by atoms with van der Waals surface area (Å²) < 4.78 is 0. The average Bonchev–Trinajstić information content (AvgIpc) is 2.38. The Morgan fingerprint density at radius 1 is 1.28 bits per heavy atom. The van der Waals surface area contributed by atoms with Crippen LogP contribution in [0, 0.1) is 5.92 Å². The van der Waals surface area contributed by atoms with E-state index in [0.717, 1.165) is 25.7 Å². The number of amides is 1. The number of hydrogen-bond acceptors (Lipinski definition) is 6. The summed E-state index contributed by atoms with van der Waals surface area (Å²) >= 11 is 0. The van der Waals surface area contributed by atoms with Gasteiger partial charge < -0.3 is 5.73 Å². The second kappa shape index (κ2) is 5.48. The van der Waals surface area contributed by atoms with Crippen molar-refractivity contribution in [1.82, 2.24) is 20.6 Å². The van der Waals surface area contributed by atoms with E-state index in [9.17, 15) is 9.59 Å².